The standard InChI is InChI=1S/C44H57N3O19/c1-26(2)4-9-30-31(49)22-32(50)36-38(54)43(41(66-42(30)36)27-5-7-29(57-3)8-6-27)65-35(52)11-10-34(51)62-21-20-60-17-16-58-14-15-59-18-19-61-25-28-23-47(46-45-28)12-13-63-44-40(56)39(55)37(53)33(24-48)64-44/h4-8,22-23,33,37,39-40,44,48-50,53,55-56H,9-21,24-25H2,1-3H3/t33-,37-,39+,40-,44?/m0/s1. The number of allylic oxidation sites excluding steroid dienone is 2. The second-order valence-electron chi connectivity index (χ2n) is 15.0. The first-order valence-corrected chi connectivity index (χ1v) is 21.1. The molecule has 0 saturated carbocycles. The highest BCUT2D eigenvalue weighted by Gasteiger charge is 2.44. The largest absolute Gasteiger partial charge is 0.507 e. The molecule has 1 aliphatic rings. The summed E-state index contributed by atoms with van der Waals surface area (Å²) in [6, 6.07) is 7.43. The zero-order chi connectivity index (χ0) is 47.6. The molecule has 66 heavy (non-hydrogen) atoms. The molecule has 22 heteroatoms. The van der Waals surface area contributed by atoms with Crippen molar-refractivity contribution < 1.29 is 87.3 Å². The minimum Gasteiger partial charge on any atom is -0.507 e. The molecule has 1 fully saturated rings. The number of aliphatic hydroxyl groups is 4. The van der Waals surface area contributed by atoms with Crippen LogP contribution in [0.2, 0.25) is 0 Å². The van der Waals surface area contributed by atoms with Crippen molar-refractivity contribution in [3.63, 3.8) is 0 Å². The number of carbonyl (C=O) groups is 2. The normalized spacial score (nSPS) is 18.3. The molecule has 2 aromatic heterocycles. The Hall–Kier alpha value is -5.53. The van der Waals surface area contributed by atoms with Crippen molar-refractivity contribution in [1.82, 2.24) is 15.0 Å². The molecular weight excluding hydrogens is 874 g/mol. The van der Waals surface area contributed by atoms with Crippen LogP contribution in [0.15, 0.2) is 57.4 Å². The molecule has 1 aliphatic heterocycles. The van der Waals surface area contributed by atoms with Crippen LogP contribution < -0.4 is 14.9 Å². The summed E-state index contributed by atoms with van der Waals surface area (Å²) in [4.78, 5) is 39.2. The zero-order valence-corrected chi connectivity index (χ0v) is 36.9. The number of aromatic nitrogens is 3. The lowest BCUT2D eigenvalue weighted by molar-refractivity contribution is -0.301. The smallest absolute Gasteiger partial charge is 0.312 e. The Labute approximate surface area is 378 Å². The van der Waals surface area contributed by atoms with E-state index in [1.807, 2.05) is 19.9 Å². The van der Waals surface area contributed by atoms with E-state index in [-0.39, 0.29) is 87.1 Å². The number of esters is 2. The number of carbonyl (C=O) groups excluding carboxylic acids is 2. The Morgan fingerprint density at radius 2 is 1.48 bits per heavy atom. The van der Waals surface area contributed by atoms with Gasteiger partial charge in [0.05, 0.1) is 98.8 Å². The summed E-state index contributed by atoms with van der Waals surface area (Å²) < 4.78 is 56.2. The molecule has 6 N–H and O–H groups in total. The fourth-order valence-electron chi connectivity index (χ4n) is 6.37. The topological polar surface area (TPSA) is 300 Å². The van der Waals surface area contributed by atoms with E-state index >= 15 is 0 Å². The Morgan fingerprint density at radius 3 is 2.14 bits per heavy atom. The van der Waals surface area contributed by atoms with E-state index in [9.17, 15) is 45.0 Å². The lowest BCUT2D eigenvalue weighted by atomic mass is 9.99. The first-order chi connectivity index (χ1) is 31.8. The Morgan fingerprint density at radius 1 is 0.833 bits per heavy atom. The van der Waals surface area contributed by atoms with Crippen LogP contribution in [0, 0.1) is 0 Å². The predicted octanol–water partition coefficient (Wildman–Crippen LogP) is 1.29. The van der Waals surface area contributed by atoms with E-state index in [2.05, 4.69) is 10.3 Å². The summed E-state index contributed by atoms with van der Waals surface area (Å²) >= 11 is 0. The lowest BCUT2D eigenvalue weighted by Gasteiger charge is -2.39. The second kappa shape index (κ2) is 26.0. The Kier molecular flexibility index (Phi) is 20.3. The van der Waals surface area contributed by atoms with Gasteiger partial charge >= 0.3 is 11.9 Å². The first kappa shape index (κ1) is 51.5. The van der Waals surface area contributed by atoms with Crippen molar-refractivity contribution in [3.05, 3.63) is 69.7 Å². The minimum atomic E-state index is -1.52. The molecule has 0 spiro atoms. The third-order valence-electron chi connectivity index (χ3n) is 9.89. The molecule has 362 valence electrons. The minimum absolute atomic E-state index is 0.0440. The van der Waals surface area contributed by atoms with Crippen molar-refractivity contribution in [1.29, 1.82) is 0 Å². The molecule has 5 rings (SSSR count). The number of rotatable bonds is 27. The molecule has 4 aromatic rings. The van der Waals surface area contributed by atoms with E-state index < -0.39 is 72.6 Å². The molecule has 3 heterocycles. The van der Waals surface area contributed by atoms with Crippen LogP contribution in [-0.4, -0.2) is 161 Å². The number of fused-ring (bicyclic) bond motifs is 1. The maximum atomic E-state index is 13.8. The average molecular weight is 932 g/mol. The Balaban J connectivity index is 0.926. The van der Waals surface area contributed by atoms with Crippen molar-refractivity contribution in [3.8, 4) is 34.3 Å². The van der Waals surface area contributed by atoms with Gasteiger partial charge in [0.2, 0.25) is 11.2 Å². The van der Waals surface area contributed by atoms with Crippen molar-refractivity contribution in [2.24, 2.45) is 0 Å². The number of hydrogen-bond donors (Lipinski definition) is 6. The molecule has 22 nitrogen and oxygen atoms in total. The van der Waals surface area contributed by atoms with Gasteiger partial charge in [0, 0.05) is 17.2 Å². The van der Waals surface area contributed by atoms with Crippen LogP contribution in [0.4, 0.5) is 0 Å². The quantitative estimate of drug-likeness (QED) is 0.0279. The maximum Gasteiger partial charge on any atom is 0.312 e. The highest BCUT2D eigenvalue weighted by molar-refractivity contribution is 5.92. The van der Waals surface area contributed by atoms with Gasteiger partial charge in [0.25, 0.3) is 0 Å². The predicted molar refractivity (Wildman–Crippen MR) is 229 cm³/mol. The molecule has 0 aliphatic carbocycles. The fourth-order valence-corrected chi connectivity index (χ4v) is 6.37. The van der Waals surface area contributed by atoms with Gasteiger partial charge in [-0.05, 0) is 44.5 Å². The average Bonchev–Trinajstić information content (AvgIpc) is 3.76. The fraction of sp³-hybridized carbons (Fsp3) is 0.523. The van der Waals surface area contributed by atoms with E-state index in [1.165, 1.54) is 11.8 Å². The number of benzene rings is 2. The van der Waals surface area contributed by atoms with Crippen LogP contribution in [0.1, 0.15) is 37.9 Å². The second-order valence-corrected chi connectivity index (χ2v) is 15.0. The summed E-state index contributed by atoms with van der Waals surface area (Å²) in [5.74, 6) is -2.60. The summed E-state index contributed by atoms with van der Waals surface area (Å²) in [5, 5.41) is 68.2. The monoisotopic (exact) mass is 931 g/mol. The number of phenolic OH excluding ortho intramolecular Hbond substituents is 2. The lowest BCUT2D eigenvalue weighted by Crippen LogP contribution is -2.59. The van der Waals surface area contributed by atoms with E-state index in [1.54, 1.807) is 30.5 Å². The number of nitrogens with zero attached hydrogens (tertiary/aromatic N) is 3. The van der Waals surface area contributed by atoms with Crippen molar-refractivity contribution >= 4 is 22.9 Å². The van der Waals surface area contributed by atoms with Gasteiger partial charge in [-0.3, -0.25) is 14.4 Å². The van der Waals surface area contributed by atoms with Crippen molar-refractivity contribution in [2.45, 2.75) is 77.0 Å². The number of methoxy groups -OCH3 is 1. The number of phenols is 2. The number of aliphatic hydroxyl groups excluding tert-OH is 4. The zero-order valence-electron chi connectivity index (χ0n) is 36.9. The summed E-state index contributed by atoms with van der Waals surface area (Å²) in [6.45, 7) is 5.36. The molecule has 1 unspecified atom stereocenters. The van der Waals surface area contributed by atoms with Crippen LogP contribution >= 0.6 is 0 Å². The highest BCUT2D eigenvalue weighted by atomic mass is 16.7. The summed E-state index contributed by atoms with van der Waals surface area (Å²) in [7, 11) is 1.49. The van der Waals surface area contributed by atoms with Gasteiger partial charge in [-0.1, -0.05) is 16.9 Å². The SMILES string of the molecule is COc1ccc(-c2oc3c(CC=C(C)C)c(O)cc(O)c3c(=O)c2OC(=O)CCC(=O)OCCOCCOCCOCCOCc2cn(CCOC3O[C@@H](CO)[C@H](O)[C@@H](O)[C@@H]3O)nn2)cc1. The van der Waals surface area contributed by atoms with Gasteiger partial charge in [0.1, 0.15) is 64.9 Å². The molecule has 0 amide bonds. The molecule has 5 atom stereocenters. The van der Waals surface area contributed by atoms with Gasteiger partial charge < -0.3 is 77.7 Å². The number of aromatic hydroxyl groups is 2. The molecule has 0 radical (unpaired) electrons. The number of ether oxygens (including phenoxy) is 9. The van der Waals surface area contributed by atoms with E-state index in [0.717, 1.165) is 11.6 Å². The van der Waals surface area contributed by atoms with Gasteiger partial charge in [-0.15, -0.1) is 5.10 Å². The summed E-state index contributed by atoms with van der Waals surface area (Å²) in [6.07, 6.45) is -3.91. The van der Waals surface area contributed by atoms with E-state index in [4.69, 9.17) is 47.0 Å². The molecule has 0 bridgehead atoms. The van der Waals surface area contributed by atoms with Gasteiger partial charge in [-0.2, -0.15) is 0 Å². The Bertz CT molecular complexity index is 2260. The van der Waals surface area contributed by atoms with E-state index in [0.29, 0.717) is 43.4 Å². The maximum absolute atomic E-state index is 13.8. The van der Waals surface area contributed by atoms with Crippen LogP contribution in [0.5, 0.6) is 23.0 Å². The summed E-state index contributed by atoms with van der Waals surface area (Å²) in [5.41, 5.74) is 1.16. The highest BCUT2D eigenvalue weighted by Crippen LogP contribution is 2.39. The molecule has 1 saturated heterocycles. The van der Waals surface area contributed by atoms with Gasteiger partial charge in [0.15, 0.2) is 12.1 Å². The van der Waals surface area contributed by atoms with Crippen LogP contribution in [-0.2, 0) is 62.3 Å². The van der Waals surface area contributed by atoms with Crippen molar-refractivity contribution in [2.75, 3.05) is 73.2 Å². The van der Waals surface area contributed by atoms with Crippen LogP contribution in [0.25, 0.3) is 22.3 Å². The number of hydrogen-bond acceptors (Lipinski definition) is 21. The molecule has 2 aromatic carbocycles. The third kappa shape index (κ3) is 14.7. The third-order valence-corrected chi connectivity index (χ3v) is 9.89. The molecular formula is C44H57N3O19. The van der Waals surface area contributed by atoms with Gasteiger partial charge in [-0.25, -0.2) is 4.68 Å². The van der Waals surface area contributed by atoms with Crippen LogP contribution in [0.3, 0.4) is 0 Å². The first-order valence-electron chi connectivity index (χ1n) is 21.1.